The first-order valence-corrected chi connectivity index (χ1v) is 17.4. The molecule has 3 atom stereocenters. The van der Waals surface area contributed by atoms with Gasteiger partial charge in [-0.3, -0.25) is 4.79 Å². The van der Waals surface area contributed by atoms with Crippen LogP contribution in [0.25, 0.3) is 0 Å². The lowest BCUT2D eigenvalue weighted by Gasteiger charge is -2.44. The Morgan fingerprint density at radius 1 is 0.976 bits per heavy atom. The van der Waals surface area contributed by atoms with Crippen LogP contribution in [0.4, 0.5) is 4.79 Å². The molecule has 0 saturated carbocycles. The second-order valence-corrected chi connectivity index (χ2v) is 17.8. The van der Waals surface area contributed by atoms with Gasteiger partial charge >= 0.3 is 12.1 Å². The first kappa shape index (κ1) is 33.8. The third-order valence-electron chi connectivity index (χ3n) is 8.01. The molecule has 0 aromatic heterocycles. The van der Waals surface area contributed by atoms with Gasteiger partial charge in [0.15, 0.2) is 0 Å². The van der Waals surface area contributed by atoms with E-state index in [1.807, 2.05) is 25.7 Å². The lowest BCUT2D eigenvalue weighted by Crippen LogP contribution is -2.67. The van der Waals surface area contributed by atoms with Gasteiger partial charge in [-0.2, -0.15) is 0 Å². The highest BCUT2D eigenvalue weighted by Crippen LogP contribution is 2.39. The van der Waals surface area contributed by atoms with E-state index in [9.17, 15) is 9.59 Å². The van der Waals surface area contributed by atoms with Crippen molar-refractivity contribution in [3.63, 3.8) is 0 Å². The summed E-state index contributed by atoms with van der Waals surface area (Å²) < 4.78 is 13.1. The highest BCUT2D eigenvalue weighted by Gasteiger charge is 2.53. The maximum absolute atomic E-state index is 13.1. The minimum Gasteiger partial charge on any atom is -0.480 e. The number of amides is 1. The number of unbranched alkanes of at least 4 members (excludes halogenated alkanes) is 1. The highest BCUT2D eigenvalue weighted by molar-refractivity contribution is 6.99. The van der Waals surface area contributed by atoms with Crippen molar-refractivity contribution in [3.8, 4) is 0 Å². The minimum atomic E-state index is -2.67. The number of carboxylic acid groups (broad SMARTS) is 1. The number of carboxylic acids is 1. The molecule has 1 amide bonds. The van der Waals surface area contributed by atoms with Crippen molar-refractivity contribution in [2.45, 2.75) is 116 Å². The zero-order valence-corrected chi connectivity index (χ0v) is 27.7. The van der Waals surface area contributed by atoms with Crippen molar-refractivity contribution in [1.29, 1.82) is 0 Å². The van der Waals surface area contributed by atoms with Gasteiger partial charge in [-0.15, -0.1) is 0 Å². The smallest absolute Gasteiger partial charge is 0.410 e. The van der Waals surface area contributed by atoms with Crippen molar-refractivity contribution in [1.82, 2.24) is 10.2 Å². The van der Waals surface area contributed by atoms with Crippen molar-refractivity contribution < 1.29 is 23.9 Å². The Labute approximate surface area is 254 Å². The SMILES string of the molecule is CCCCC1CC(O[Si](c2ccccc2)(c2ccccc2)C(C)(C)C)CN1C(=O)OC(C)(C)C.O=C(O)C1CCCN1. The fourth-order valence-electron chi connectivity index (χ4n) is 6.05. The van der Waals surface area contributed by atoms with Crippen LogP contribution in [0.5, 0.6) is 0 Å². The number of rotatable bonds is 8. The second-order valence-electron chi connectivity index (χ2n) is 13.6. The largest absolute Gasteiger partial charge is 0.480 e. The summed E-state index contributed by atoms with van der Waals surface area (Å²) in [6.07, 6.45) is 5.57. The van der Waals surface area contributed by atoms with Crippen LogP contribution in [-0.2, 0) is 14.0 Å². The van der Waals surface area contributed by atoms with Crippen molar-refractivity contribution in [2.75, 3.05) is 13.1 Å². The summed E-state index contributed by atoms with van der Waals surface area (Å²) in [6.45, 7) is 16.3. The van der Waals surface area contributed by atoms with Crippen LogP contribution in [0.2, 0.25) is 5.04 Å². The molecule has 2 fully saturated rings. The van der Waals surface area contributed by atoms with Crippen LogP contribution in [0, 0.1) is 0 Å². The minimum absolute atomic E-state index is 0.0271. The predicted octanol–water partition coefficient (Wildman–Crippen LogP) is 5.95. The molecular formula is C34H52N2O5Si. The average Bonchev–Trinajstić information content (AvgIpc) is 3.61. The van der Waals surface area contributed by atoms with Gasteiger partial charge in [0.05, 0.1) is 6.10 Å². The fraction of sp³-hybridized carbons (Fsp3) is 0.588. The lowest BCUT2D eigenvalue weighted by atomic mass is 10.1. The normalized spacial score (nSPS) is 21.0. The Bertz CT molecular complexity index is 1080. The molecule has 0 bridgehead atoms. The zero-order chi connectivity index (χ0) is 31.0. The maximum atomic E-state index is 13.1. The Kier molecular flexibility index (Phi) is 11.8. The van der Waals surface area contributed by atoms with Gasteiger partial charge in [0.1, 0.15) is 11.6 Å². The van der Waals surface area contributed by atoms with Gasteiger partial charge < -0.3 is 24.5 Å². The Morgan fingerprint density at radius 3 is 1.95 bits per heavy atom. The molecule has 0 spiro atoms. The molecule has 0 aliphatic carbocycles. The van der Waals surface area contributed by atoms with Crippen LogP contribution in [-0.4, -0.2) is 67.3 Å². The molecule has 2 saturated heterocycles. The van der Waals surface area contributed by atoms with Crippen LogP contribution >= 0.6 is 0 Å². The van der Waals surface area contributed by atoms with Gasteiger partial charge in [-0.05, 0) is 68.4 Å². The summed E-state index contributed by atoms with van der Waals surface area (Å²) in [5.41, 5.74) is -0.511. The zero-order valence-electron chi connectivity index (χ0n) is 26.7. The molecule has 0 radical (unpaired) electrons. The van der Waals surface area contributed by atoms with E-state index in [0.717, 1.165) is 45.1 Å². The number of carbonyl (C=O) groups excluding carboxylic acids is 1. The van der Waals surface area contributed by atoms with Gasteiger partial charge in [0, 0.05) is 12.6 Å². The van der Waals surface area contributed by atoms with E-state index in [1.54, 1.807) is 0 Å². The quantitative estimate of drug-likeness (QED) is 0.366. The molecular weight excluding hydrogens is 544 g/mol. The lowest BCUT2D eigenvalue weighted by molar-refractivity contribution is -0.139. The monoisotopic (exact) mass is 596 g/mol. The number of hydrogen-bond acceptors (Lipinski definition) is 5. The number of nitrogens with zero attached hydrogens (tertiary/aromatic N) is 1. The van der Waals surface area contributed by atoms with E-state index in [1.165, 1.54) is 10.4 Å². The molecule has 2 aliphatic heterocycles. The third-order valence-corrected chi connectivity index (χ3v) is 13.1. The summed E-state index contributed by atoms with van der Waals surface area (Å²) in [7, 11) is -2.67. The first-order chi connectivity index (χ1) is 19.8. The van der Waals surface area contributed by atoms with Gasteiger partial charge in [-0.25, -0.2) is 4.79 Å². The van der Waals surface area contributed by atoms with E-state index >= 15 is 0 Å². The molecule has 2 N–H and O–H groups in total. The van der Waals surface area contributed by atoms with Crippen LogP contribution in [0.3, 0.4) is 0 Å². The number of nitrogens with one attached hydrogen (secondary N) is 1. The molecule has 2 heterocycles. The fourth-order valence-corrected chi connectivity index (χ4v) is 10.7. The number of benzene rings is 2. The Balaban J connectivity index is 0.000000521. The number of hydrogen-bond donors (Lipinski definition) is 2. The van der Waals surface area contributed by atoms with Crippen molar-refractivity contribution in [2.24, 2.45) is 0 Å². The number of carbonyl (C=O) groups is 2. The maximum Gasteiger partial charge on any atom is 0.410 e. The summed E-state index contributed by atoms with van der Waals surface area (Å²) in [5, 5.41) is 13.7. The topological polar surface area (TPSA) is 88.1 Å². The second kappa shape index (κ2) is 14.7. The summed E-state index contributed by atoms with van der Waals surface area (Å²) in [6, 6.07) is 21.4. The average molecular weight is 597 g/mol. The number of aliphatic carboxylic acids is 1. The van der Waals surface area contributed by atoms with Crippen molar-refractivity contribution >= 4 is 30.8 Å². The third kappa shape index (κ3) is 8.68. The molecule has 4 rings (SSSR count). The summed E-state index contributed by atoms with van der Waals surface area (Å²) in [4.78, 5) is 25.2. The number of ether oxygens (including phenoxy) is 1. The van der Waals surface area contributed by atoms with Gasteiger partial charge in [-0.1, -0.05) is 101 Å². The molecule has 232 valence electrons. The standard InChI is InChI=1S/C29H43NO3Si.C5H9NO2/c1-8-9-16-23-21-24(22-30(23)27(31)32-28(2,3)4)33-34(29(5,6)7,25-17-12-10-13-18-25)26-19-14-11-15-20-26;7-5(8)4-2-1-3-6-4/h10-15,17-20,23-24H,8-9,16,21-22H2,1-7H3;4,6H,1-3H2,(H,7,8). The molecule has 7 nitrogen and oxygen atoms in total. The van der Waals surface area contributed by atoms with Crippen LogP contribution in [0.1, 0.15) is 87.0 Å². The molecule has 2 aromatic carbocycles. The Hall–Kier alpha value is -2.68. The highest BCUT2D eigenvalue weighted by atomic mass is 28.4. The molecule has 2 aliphatic rings. The van der Waals surface area contributed by atoms with Gasteiger partial charge in [0.25, 0.3) is 8.32 Å². The van der Waals surface area contributed by atoms with E-state index < -0.39 is 19.9 Å². The van der Waals surface area contributed by atoms with Crippen LogP contribution < -0.4 is 15.7 Å². The predicted molar refractivity (Wildman–Crippen MR) is 172 cm³/mol. The van der Waals surface area contributed by atoms with E-state index in [2.05, 4.69) is 93.7 Å². The first-order valence-electron chi connectivity index (χ1n) is 15.5. The molecule has 42 heavy (non-hydrogen) atoms. The molecule has 8 heteroatoms. The van der Waals surface area contributed by atoms with Crippen molar-refractivity contribution in [3.05, 3.63) is 60.7 Å². The summed E-state index contributed by atoms with van der Waals surface area (Å²) >= 11 is 0. The van der Waals surface area contributed by atoms with E-state index in [0.29, 0.717) is 6.54 Å². The number of likely N-dealkylation sites (tertiary alicyclic amines) is 1. The van der Waals surface area contributed by atoms with E-state index in [-0.39, 0.29) is 29.3 Å². The molecule has 2 aromatic rings. The van der Waals surface area contributed by atoms with Gasteiger partial charge in [0.2, 0.25) is 0 Å². The Morgan fingerprint density at radius 2 is 1.55 bits per heavy atom. The summed E-state index contributed by atoms with van der Waals surface area (Å²) in [5.74, 6) is -0.720. The van der Waals surface area contributed by atoms with E-state index in [4.69, 9.17) is 14.3 Å². The van der Waals surface area contributed by atoms with Crippen LogP contribution in [0.15, 0.2) is 60.7 Å². The molecule has 3 unspecified atom stereocenters.